The van der Waals surface area contributed by atoms with E-state index in [2.05, 4.69) is 47.5 Å². The van der Waals surface area contributed by atoms with Gasteiger partial charge in [0.25, 0.3) is 5.91 Å². The number of carbonyl (C=O) groups is 11. The fourth-order valence-corrected chi connectivity index (χ4v) is 10.1. The van der Waals surface area contributed by atoms with Crippen LogP contribution < -0.4 is 69.2 Å². The van der Waals surface area contributed by atoms with Crippen LogP contribution in [-0.2, 0) is 65.5 Å². The number of amides is 10. The van der Waals surface area contributed by atoms with Gasteiger partial charge in [0.05, 0.1) is 38.5 Å². The van der Waals surface area contributed by atoms with Gasteiger partial charge in [-0.2, -0.15) is 8.78 Å². The molecule has 1 heterocycles. The third-order valence-electron chi connectivity index (χ3n) is 14.8. The van der Waals surface area contributed by atoms with E-state index in [1.807, 2.05) is 0 Å². The molecular weight excluding hydrogens is 1330 g/mol. The maximum absolute atomic E-state index is 14.6. The number of likely N-dealkylation sites (tertiary alicyclic amines) is 1. The van der Waals surface area contributed by atoms with Gasteiger partial charge in [-0.1, -0.05) is 66.7 Å². The minimum atomic E-state index is -2.49. The molecule has 1 saturated heterocycles. The fourth-order valence-electron chi connectivity index (χ4n) is 10.1. The van der Waals surface area contributed by atoms with Gasteiger partial charge in [0, 0.05) is 56.6 Å². The number of anilines is 1. The molecule has 1 fully saturated rings. The van der Waals surface area contributed by atoms with Gasteiger partial charge in [0.15, 0.2) is 5.96 Å². The van der Waals surface area contributed by atoms with E-state index < -0.39 is 143 Å². The van der Waals surface area contributed by atoms with Gasteiger partial charge < -0.3 is 83.6 Å². The highest BCUT2D eigenvalue weighted by atomic mass is 19.2. The molecule has 1 aliphatic rings. The molecule has 0 saturated carbocycles. The highest BCUT2D eigenvalue weighted by Crippen LogP contribution is 2.31. The number of nitrogens with one attached hydrogen (secondary N) is 8. The number of urea groups is 1. The Labute approximate surface area is 577 Å². The molecule has 542 valence electrons. The summed E-state index contributed by atoms with van der Waals surface area (Å²) in [4.78, 5) is 151. The SMILES string of the molecule is CC(C)(C)OC(=O)C[C@H](NC(=O)CNC(=O)c1cccc(N=C(N)N)c1)C(=O)Nc1ccc(OCCCC(=O)NCCOCCC(=O)N[C@@H](Cc2ccccc2)C(=O)N[C@@H](CCCNC(N)=O)C(=O)N[C@@H](Cc2ccccc2)C(=O)N2CCC[C@H]2C(=O)Oc2c(F)c(F)c(F)c(F)c2F)cc1. The Morgan fingerprint density at radius 2 is 1.22 bits per heavy atom. The number of guanidine groups is 1. The Hall–Kier alpha value is -11.3. The Kier molecular flexibility index (Phi) is 30.2. The van der Waals surface area contributed by atoms with Gasteiger partial charge in [0.2, 0.25) is 76.2 Å². The Morgan fingerprint density at radius 3 is 1.85 bits per heavy atom. The first kappa shape index (κ1) is 78.7. The van der Waals surface area contributed by atoms with Crippen molar-refractivity contribution in [3.63, 3.8) is 0 Å². The number of halogens is 5. The normalized spacial score (nSPS) is 13.7. The Balaban J connectivity index is 0.974. The fraction of sp³-hybridized carbons (Fsp3) is 0.382. The first-order chi connectivity index (χ1) is 48.0. The minimum Gasteiger partial charge on any atom is -0.494 e. The number of ether oxygens (including phenoxy) is 4. The summed E-state index contributed by atoms with van der Waals surface area (Å²) in [7, 11) is 0. The van der Waals surface area contributed by atoms with E-state index in [0.29, 0.717) is 29.0 Å². The Bertz CT molecular complexity index is 3750. The van der Waals surface area contributed by atoms with Gasteiger partial charge in [-0.3, -0.25) is 43.2 Å². The average Bonchev–Trinajstić information content (AvgIpc) is 1.66. The number of benzene rings is 5. The standard InChI is InChI=1S/C68H80F5N13O15/c1-68(2,3)101-53(90)37-47(83-52(89)38-79-60(91)41-18-10-19-43(36-41)81-66(74)75)62(93)80-42-23-25-44(26-24-42)99-31-13-22-50(87)77-29-33-98-32-27-51(88)82-46(34-39-14-6-4-7-15-39)63(94)84-45(20-11-28-78-67(76)97)61(92)85-48(35-40-16-8-5-9-17-40)64(95)86-30-12-21-49(86)65(96)100-59-57(72)55(70)54(69)56(71)58(59)73/h4-10,14-19,23-26,36,45-49H,11-13,20-22,27-35,37-38H2,1-3H3,(H,77,87)(H,79,91)(H,80,93)(H,82,88)(H,83,89)(H,84,94)(H,85,92)(H4,74,75,81)(H3,76,78,97)/t45-,46-,47-,48-,49-/m0/s1. The lowest BCUT2D eigenvalue weighted by Gasteiger charge is -2.30. The summed E-state index contributed by atoms with van der Waals surface area (Å²) in [5.41, 5.74) is 17.0. The molecule has 6 rings (SSSR count). The molecule has 5 atom stereocenters. The van der Waals surface area contributed by atoms with E-state index in [4.69, 9.17) is 36.1 Å². The number of aliphatic imine (C=N–C) groups is 1. The number of primary amides is 1. The Morgan fingerprint density at radius 1 is 0.604 bits per heavy atom. The molecule has 28 nitrogen and oxygen atoms in total. The number of esters is 2. The molecule has 0 spiro atoms. The maximum Gasteiger partial charge on any atom is 0.334 e. The van der Waals surface area contributed by atoms with Crippen molar-refractivity contribution in [2.75, 3.05) is 51.3 Å². The smallest absolute Gasteiger partial charge is 0.334 e. The number of nitrogens with zero attached hydrogens (tertiary/aromatic N) is 2. The summed E-state index contributed by atoms with van der Waals surface area (Å²) < 4.78 is 92.6. The summed E-state index contributed by atoms with van der Waals surface area (Å²) in [6.45, 7) is 4.15. The summed E-state index contributed by atoms with van der Waals surface area (Å²) in [6, 6.07) is 20.6. The van der Waals surface area contributed by atoms with Crippen molar-refractivity contribution in [1.82, 2.24) is 42.1 Å². The van der Waals surface area contributed by atoms with Crippen LogP contribution >= 0.6 is 0 Å². The summed E-state index contributed by atoms with van der Waals surface area (Å²) in [6.07, 6.45) is -0.946. The van der Waals surface area contributed by atoms with Crippen LogP contribution in [0.3, 0.4) is 0 Å². The second kappa shape index (κ2) is 38.8. The highest BCUT2D eigenvalue weighted by Gasteiger charge is 2.41. The van der Waals surface area contributed by atoms with Crippen molar-refractivity contribution in [3.8, 4) is 11.5 Å². The second-order valence-corrected chi connectivity index (χ2v) is 23.9. The van der Waals surface area contributed by atoms with Crippen molar-refractivity contribution >= 4 is 82.6 Å². The third-order valence-corrected chi connectivity index (χ3v) is 14.8. The first-order valence-corrected chi connectivity index (χ1v) is 32.0. The van der Waals surface area contributed by atoms with Crippen molar-refractivity contribution in [2.45, 2.75) is 121 Å². The molecule has 5 aromatic carbocycles. The van der Waals surface area contributed by atoms with Crippen LogP contribution in [0.15, 0.2) is 114 Å². The molecule has 33 heteroatoms. The molecule has 0 bridgehead atoms. The lowest BCUT2D eigenvalue weighted by atomic mass is 10.0. The third kappa shape index (κ3) is 26.2. The van der Waals surface area contributed by atoms with E-state index in [-0.39, 0.29) is 114 Å². The van der Waals surface area contributed by atoms with Crippen molar-refractivity contribution in [3.05, 3.63) is 155 Å². The number of rotatable bonds is 36. The predicted molar refractivity (Wildman–Crippen MR) is 354 cm³/mol. The van der Waals surface area contributed by atoms with Crippen molar-refractivity contribution < 1.29 is 93.6 Å². The van der Waals surface area contributed by atoms with Crippen LogP contribution in [0.4, 0.5) is 38.1 Å². The van der Waals surface area contributed by atoms with E-state index in [9.17, 15) is 74.7 Å². The molecule has 0 radical (unpaired) electrons. The molecule has 0 aliphatic carbocycles. The number of nitrogens with two attached hydrogens (primary N) is 3. The van der Waals surface area contributed by atoms with E-state index >= 15 is 0 Å². The van der Waals surface area contributed by atoms with Gasteiger partial charge in [-0.25, -0.2) is 27.8 Å². The van der Waals surface area contributed by atoms with Crippen LogP contribution in [0.1, 0.15) is 93.6 Å². The van der Waals surface area contributed by atoms with Crippen LogP contribution in [0, 0.1) is 29.1 Å². The maximum atomic E-state index is 14.6. The number of hydrogen-bond donors (Lipinski definition) is 11. The van der Waals surface area contributed by atoms with Gasteiger partial charge >= 0.3 is 18.0 Å². The zero-order chi connectivity index (χ0) is 73.8. The molecule has 5 aromatic rings. The number of hydrogen-bond acceptors (Lipinski definition) is 16. The molecule has 0 unspecified atom stereocenters. The topological polar surface area (TPSA) is 415 Å². The lowest BCUT2D eigenvalue weighted by molar-refractivity contribution is -0.156. The average molecular weight is 1410 g/mol. The van der Waals surface area contributed by atoms with Crippen molar-refractivity contribution in [1.29, 1.82) is 0 Å². The quantitative estimate of drug-likeness (QED) is 0.00399. The van der Waals surface area contributed by atoms with E-state index in [1.165, 1.54) is 30.3 Å². The van der Waals surface area contributed by atoms with Crippen LogP contribution in [0.25, 0.3) is 0 Å². The van der Waals surface area contributed by atoms with Crippen LogP contribution in [0.2, 0.25) is 0 Å². The van der Waals surface area contributed by atoms with Crippen LogP contribution in [0.5, 0.6) is 11.5 Å². The summed E-state index contributed by atoms with van der Waals surface area (Å²) >= 11 is 0. The number of carbonyl (C=O) groups excluding carboxylic acids is 11. The van der Waals surface area contributed by atoms with Gasteiger partial charge in [-0.05, 0) is 106 Å². The summed E-state index contributed by atoms with van der Waals surface area (Å²) in [5, 5.41) is 20.6. The van der Waals surface area contributed by atoms with Crippen molar-refractivity contribution in [2.24, 2.45) is 22.2 Å². The van der Waals surface area contributed by atoms with Crippen LogP contribution in [-0.4, -0.2) is 158 Å². The minimum absolute atomic E-state index is 0.00615. The second-order valence-electron chi connectivity index (χ2n) is 23.9. The zero-order valence-corrected chi connectivity index (χ0v) is 55.4. The molecule has 14 N–H and O–H groups in total. The van der Waals surface area contributed by atoms with E-state index in [0.717, 1.165) is 4.90 Å². The molecule has 1 aliphatic heterocycles. The molecule has 0 aromatic heterocycles. The predicted octanol–water partition coefficient (Wildman–Crippen LogP) is 3.54. The molecule has 101 heavy (non-hydrogen) atoms. The molecular formula is C68H80F5N13O15. The zero-order valence-electron chi connectivity index (χ0n) is 55.4. The van der Waals surface area contributed by atoms with E-state index in [1.54, 1.807) is 99.6 Å². The lowest BCUT2D eigenvalue weighted by Crippen LogP contribution is -2.58. The van der Waals surface area contributed by atoms with Gasteiger partial charge in [0.1, 0.15) is 41.6 Å². The van der Waals surface area contributed by atoms with Gasteiger partial charge in [-0.15, -0.1) is 0 Å². The summed E-state index contributed by atoms with van der Waals surface area (Å²) in [5.74, 6) is -21.9. The monoisotopic (exact) mass is 1410 g/mol. The first-order valence-electron chi connectivity index (χ1n) is 32.0. The highest BCUT2D eigenvalue weighted by molar-refractivity contribution is 6.01. The molecule has 10 amide bonds. The largest absolute Gasteiger partial charge is 0.494 e.